The maximum atomic E-state index is 13.9. The van der Waals surface area contributed by atoms with E-state index in [4.69, 9.17) is 17.2 Å². The fourth-order valence-corrected chi connectivity index (χ4v) is 7.02. The molecule has 0 heterocycles. The van der Waals surface area contributed by atoms with Gasteiger partial charge in [0.2, 0.25) is 47.3 Å². The van der Waals surface area contributed by atoms with Crippen molar-refractivity contribution < 1.29 is 73.5 Å². The number of benzene rings is 1. The van der Waals surface area contributed by atoms with Crippen LogP contribution in [0.3, 0.4) is 0 Å². The molecule has 1 rings (SSSR count). The van der Waals surface area contributed by atoms with Gasteiger partial charge < -0.3 is 90.6 Å². The summed E-state index contributed by atoms with van der Waals surface area (Å²) in [6.45, 7) is 0.295. The molecule has 8 atom stereocenters. The topological polar surface area (TPSA) is 458 Å². The number of rotatable bonds is 38. The lowest BCUT2D eigenvalue weighted by atomic mass is 10.0. The van der Waals surface area contributed by atoms with E-state index in [1.54, 1.807) is 7.05 Å². The zero-order valence-corrected chi connectivity index (χ0v) is 40.9. The lowest BCUT2D eigenvalue weighted by Crippen LogP contribution is -2.61. The van der Waals surface area contributed by atoms with E-state index >= 15 is 0 Å². The Bertz CT molecular complexity index is 1910. The molecule has 0 aromatic heterocycles. The summed E-state index contributed by atoms with van der Waals surface area (Å²) in [6.07, 6.45) is 0.953. The van der Waals surface area contributed by atoms with Crippen LogP contribution in [0, 0.1) is 0 Å². The van der Waals surface area contributed by atoms with Crippen molar-refractivity contribution in [3.05, 3.63) is 29.8 Å². The molecule has 0 radical (unpaired) electrons. The number of amides is 8. The number of unbranched alkanes of at least 4 members (excludes halogenated alkanes) is 3. The number of carboxylic acids is 2. The third kappa shape index (κ3) is 25.0. The molecule has 27 nitrogen and oxygen atoms in total. The fraction of sp³-hybridized carbons (Fsp3) is 0.644. The van der Waals surface area contributed by atoms with Crippen LogP contribution in [0.1, 0.15) is 89.5 Å². The standard InChI is InChI=1S/C45H76N12O15/c1-26(60)50-35(24-58)43(69)53-30(11-4-7-19-47)41(67)57-36(25-59)44(70)54-31(12-5-8-21-49-2)39(65)55-33(23-37(62)63)42(68)52-32(13-9-20-48)38(64)51-29(10-3-6-18-46)40(66)56-34(45(71)72)22-27-14-16-28(61)17-15-27/h14-17,29-36,49,58-59,61H,3-13,18-25,46-48H2,1-2H3,(H,50,60)(H,51,64)(H,52,68)(H,53,69)(H,54,70)(H,55,65)(H,56,66)(H,57,67)(H,62,63)(H,71,72)/t29-,30-,31-,32-,33-,34-,35-,36-/m0/s1. The summed E-state index contributed by atoms with van der Waals surface area (Å²) in [5.74, 6) is -10.6. The summed E-state index contributed by atoms with van der Waals surface area (Å²) in [4.78, 5) is 131. The van der Waals surface area contributed by atoms with Gasteiger partial charge in [-0.25, -0.2) is 4.79 Å². The molecule has 1 aromatic carbocycles. The van der Waals surface area contributed by atoms with Gasteiger partial charge in [0.15, 0.2) is 0 Å². The number of aliphatic hydroxyl groups is 2. The Morgan fingerprint density at radius 2 is 0.819 bits per heavy atom. The zero-order valence-electron chi connectivity index (χ0n) is 40.9. The Balaban J connectivity index is 3.40. The summed E-state index contributed by atoms with van der Waals surface area (Å²) in [5, 5.41) is 71.2. The summed E-state index contributed by atoms with van der Waals surface area (Å²) in [6, 6.07) is -6.48. The highest BCUT2D eigenvalue weighted by Gasteiger charge is 2.35. The first kappa shape index (κ1) is 63.5. The highest BCUT2D eigenvalue weighted by Crippen LogP contribution is 2.13. The number of aliphatic carboxylic acids is 2. The first-order valence-electron chi connectivity index (χ1n) is 23.8. The molecule has 0 fully saturated rings. The average Bonchev–Trinajstić information content (AvgIpc) is 3.33. The van der Waals surface area contributed by atoms with Crippen LogP contribution in [-0.4, -0.2) is 180 Å². The third-order valence-corrected chi connectivity index (χ3v) is 11.0. The summed E-state index contributed by atoms with van der Waals surface area (Å²) in [5.41, 5.74) is 17.4. The van der Waals surface area contributed by atoms with Crippen LogP contribution in [0.15, 0.2) is 24.3 Å². The number of hydrogen-bond acceptors (Lipinski definition) is 17. The number of nitrogens with one attached hydrogen (secondary N) is 9. The lowest BCUT2D eigenvalue weighted by molar-refractivity contribution is -0.142. The molecule has 72 heavy (non-hydrogen) atoms. The Morgan fingerprint density at radius 3 is 1.19 bits per heavy atom. The van der Waals surface area contributed by atoms with Gasteiger partial charge >= 0.3 is 11.9 Å². The molecule has 0 aliphatic carbocycles. The van der Waals surface area contributed by atoms with E-state index < -0.39 is 127 Å². The Morgan fingerprint density at radius 1 is 0.472 bits per heavy atom. The predicted octanol–water partition coefficient (Wildman–Crippen LogP) is -5.24. The number of phenols is 1. The maximum absolute atomic E-state index is 13.9. The molecule has 20 N–H and O–H groups in total. The number of carboxylic acid groups (broad SMARTS) is 2. The number of aliphatic hydroxyl groups excluding tert-OH is 2. The number of carbonyl (C=O) groups excluding carboxylic acids is 8. The molecule has 0 spiro atoms. The van der Waals surface area contributed by atoms with Crippen LogP contribution in [0.5, 0.6) is 5.75 Å². The number of nitrogens with two attached hydrogens (primary N) is 3. The minimum atomic E-state index is -1.87. The first-order valence-corrected chi connectivity index (χ1v) is 23.8. The molecule has 1 aromatic rings. The van der Waals surface area contributed by atoms with Gasteiger partial charge in [-0.15, -0.1) is 0 Å². The summed E-state index contributed by atoms with van der Waals surface area (Å²) in [7, 11) is 1.68. The molecule has 0 saturated carbocycles. The fourth-order valence-electron chi connectivity index (χ4n) is 7.02. The lowest BCUT2D eigenvalue weighted by Gasteiger charge is -2.27. The predicted molar refractivity (Wildman–Crippen MR) is 259 cm³/mol. The molecular weight excluding hydrogens is 949 g/mol. The van der Waals surface area contributed by atoms with Gasteiger partial charge in [0.25, 0.3) is 0 Å². The number of carbonyl (C=O) groups is 10. The van der Waals surface area contributed by atoms with Gasteiger partial charge in [-0.2, -0.15) is 0 Å². The van der Waals surface area contributed by atoms with Crippen molar-refractivity contribution in [3.63, 3.8) is 0 Å². The van der Waals surface area contributed by atoms with E-state index in [1.807, 2.05) is 0 Å². The smallest absolute Gasteiger partial charge is 0.326 e. The zero-order chi connectivity index (χ0) is 54.2. The molecule has 406 valence electrons. The van der Waals surface area contributed by atoms with Crippen LogP contribution < -0.4 is 65.1 Å². The number of phenolic OH excluding ortho intramolecular Hbond substituents is 1. The Kier molecular flexibility index (Phi) is 31.4. The van der Waals surface area contributed by atoms with E-state index in [0.717, 1.165) is 6.92 Å². The quantitative estimate of drug-likeness (QED) is 0.0275. The van der Waals surface area contributed by atoms with Gasteiger partial charge in [-0.1, -0.05) is 12.1 Å². The van der Waals surface area contributed by atoms with Crippen molar-refractivity contribution in [3.8, 4) is 5.75 Å². The SMILES string of the molecule is CNCCCC[C@H](NC(=O)[C@H](CO)NC(=O)[C@H](CCCCN)NC(=O)[C@H](CO)NC(C)=O)C(=O)N[C@@H](CC(=O)O)C(=O)N[C@@H](CCCN)C(=O)N[C@@H](CCCCN)C(=O)N[C@@H](Cc1ccc(O)cc1)C(=O)O. The molecular formula is C45H76N12O15. The van der Waals surface area contributed by atoms with Crippen molar-refractivity contribution in [1.82, 2.24) is 47.9 Å². The Labute approximate surface area is 417 Å². The third-order valence-electron chi connectivity index (χ3n) is 11.0. The maximum Gasteiger partial charge on any atom is 0.326 e. The van der Waals surface area contributed by atoms with Crippen molar-refractivity contribution in [1.29, 1.82) is 0 Å². The van der Waals surface area contributed by atoms with Crippen molar-refractivity contribution in [2.45, 2.75) is 139 Å². The van der Waals surface area contributed by atoms with E-state index in [2.05, 4.69) is 47.9 Å². The molecule has 27 heteroatoms. The van der Waals surface area contributed by atoms with E-state index in [1.165, 1.54) is 24.3 Å². The molecule has 0 unspecified atom stereocenters. The second kappa shape index (κ2) is 35.6. The molecule has 0 bridgehead atoms. The largest absolute Gasteiger partial charge is 0.508 e. The van der Waals surface area contributed by atoms with Crippen LogP contribution in [0.4, 0.5) is 0 Å². The van der Waals surface area contributed by atoms with E-state index in [9.17, 15) is 73.5 Å². The normalized spacial score (nSPS) is 14.3. The molecule has 0 saturated heterocycles. The second-order valence-electron chi connectivity index (χ2n) is 17.0. The number of hydrogen-bond donors (Lipinski definition) is 17. The van der Waals surface area contributed by atoms with Crippen LogP contribution in [0.2, 0.25) is 0 Å². The van der Waals surface area contributed by atoms with E-state index in [-0.39, 0.29) is 70.3 Å². The highest BCUT2D eigenvalue weighted by molar-refractivity contribution is 5.98. The second-order valence-corrected chi connectivity index (χ2v) is 17.0. The van der Waals surface area contributed by atoms with Crippen LogP contribution >= 0.6 is 0 Å². The minimum absolute atomic E-state index is 0.00522. The Hall–Kier alpha value is -6.52. The van der Waals surface area contributed by atoms with Crippen LogP contribution in [-0.2, 0) is 54.4 Å². The van der Waals surface area contributed by atoms with Gasteiger partial charge in [-0.3, -0.25) is 43.2 Å². The van der Waals surface area contributed by atoms with Crippen molar-refractivity contribution >= 4 is 59.2 Å². The molecule has 8 amide bonds. The van der Waals surface area contributed by atoms with Gasteiger partial charge in [0, 0.05) is 13.3 Å². The van der Waals surface area contributed by atoms with Gasteiger partial charge in [-0.05, 0) is 122 Å². The number of aromatic hydroxyl groups is 1. The van der Waals surface area contributed by atoms with Crippen molar-refractivity contribution in [2.24, 2.45) is 17.2 Å². The highest BCUT2D eigenvalue weighted by atomic mass is 16.4. The summed E-state index contributed by atoms with van der Waals surface area (Å²) < 4.78 is 0. The molecule has 0 aliphatic heterocycles. The van der Waals surface area contributed by atoms with Gasteiger partial charge in [0.05, 0.1) is 19.6 Å². The first-order chi connectivity index (χ1) is 34.2. The van der Waals surface area contributed by atoms with Crippen molar-refractivity contribution in [2.75, 3.05) is 46.4 Å². The summed E-state index contributed by atoms with van der Waals surface area (Å²) >= 11 is 0. The monoisotopic (exact) mass is 1020 g/mol. The van der Waals surface area contributed by atoms with E-state index in [0.29, 0.717) is 44.2 Å². The minimum Gasteiger partial charge on any atom is -0.508 e. The average molecular weight is 1030 g/mol. The van der Waals surface area contributed by atoms with Crippen LogP contribution in [0.25, 0.3) is 0 Å². The van der Waals surface area contributed by atoms with Gasteiger partial charge in [0.1, 0.15) is 54.1 Å². The molecule has 0 aliphatic rings.